The summed E-state index contributed by atoms with van der Waals surface area (Å²) >= 11 is 0. The van der Waals surface area contributed by atoms with Crippen LogP contribution >= 0.6 is 0 Å². The molecular formula is C10H20N2O2. The Bertz CT molecular complexity index is 179. The minimum Gasteiger partial charge on any atom is -0.368 e. The van der Waals surface area contributed by atoms with Crippen LogP contribution in [0.15, 0.2) is 0 Å². The molecule has 14 heavy (non-hydrogen) atoms. The van der Waals surface area contributed by atoms with Gasteiger partial charge in [0, 0.05) is 19.2 Å². The van der Waals surface area contributed by atoms with Gasteiger partial charge in [0.25, 0.3) is 0 Å². The van der Waals surface area contributed by atoms with E-state index in [0.717, 1.165) is 25.7 Å². The largest absolute Gasteiger partial charge is 0.368 e. The van der Waals surface area contributed by atoms with E-state index in [0.29, 0.717) is 13.2 Å². The molecule has 4 heteroatoms. The molecule has 4 nitrogen and oxygen atoms in total. The molecule has 2 atom stereocenters. The Balaban J connectivity index is 2.29. The number of hydrogen-bond donors (Lipinski definition) is 2. The molecule has 3 N–H and O–H groups in total. The predicted molar refractivity (Wildman–Crippen MR) is 54.9 cm³/mol. The van der Waals surface area contributed by atoms with Crippen molar-refractivity contribution in [3.05, 3.63) is 0 Å². The number of carbonyl (C=O) groups is 1. The van der Waals surface area contributed by atoms with E-state index in [9.17, 15) is 4.79 Å². The molecule has 0 aliphatic carbocycles. The first kappa shape index (κ1) is 11.5. The SMILES string of the molecule is CCCC(CN)NC(=O)C1CCCO1. The molecule has 0 spiro atoms. The molecule has 82 valence electrons. The van der Waals surface area contributed by atoms with Gasteiger partial charge in [0.05, 0.1) is 0 Å². The van der Waals surface area contributed by atoms with Gasteiger partial charge in [-0.3, -0.25) is 4.79 Å². The lowest BCUT2D eigenvalue weighted by molar-refractivity contribution is -0.130. The summed E-state index contributed by atoms with van der Waals surface area (Å²) in [6.07, 6.45) is 3.57. The Morgan fingerprint density at radius 1 is 1.71 bits per heavy atom. The van der Waals surface area contributed by atoms with E-state index < -0.39 is 0 Å². The topological polar surface area (TPSA) is 64.3 Å². The summed E-state index contributed by atoms with van der Waals surface area (Å²) in [5.74, 6) is 0.00593. The van der Waals surface area contributed by atoms with Crippen LogP contribution in [0.25, 0.3) is 0 Å². The zero-order valence-corrected chi connectivity index (χ0v) is 8.79. The molecule has 1 amide bonds. The molecule has 0 radical (unpaired) electrons. The zero-order valence-electron chi connectivity index (χ0n) is 8.79. The average molecular weight is 200 g/mol. The molecule has 0 aromatic carbocycles. The third kappa shape index (κ3) is 3.27. The summed E-state index contributed by atoms with van der Waals surface area (Å²) in [5, 5.41) is 2.92. The lowest BCUT2D eigenvalue weighted by Gasteiger charge is -2.18. The van der Waals surface area contributed by atoms with Gasteiger partial charge >= 0.3 is 0 Å². The summed E-state index contributed by atoms with van der Waals surface area (Å²) < 4.78 is 5.29. The van der Waals surface area contributed by atoms with E-state index in [-0.39, 0.29) is 18.1 Å². The lowest BCUT2D eigenvalue weighted by atomic mass is 10.1. The summed E-state index contributed by atoms with van der Waals surface area (Å²) in [6.45, 7) is 3.30. The summed E-state index contributed by atoms with van der Waals surface area (Å²) in [7, 11) is 0. The Kier molecular flexibility index (Phi) is 4.90. The minimum absolute atomic E-state index is 0.00593. The molecule has 1 fully saturated rings. The van der Waals surface area contributed by atoms with Crippen LogP contribution in [0.5, 0.6) is 0 Å². The smallest absolute Gasteiger partial charge is 0.249 e. The van der Waals surface area contributed by atoms with E-state index in [4.69, 9.17) is 10.5 Å². The van der Waals surface area contributed by atoms with Gasteiger partial charge in [-0.2, -0.15) is 0 Å². The van der Waals surface area contributed by atoms with Crippen molar-refractivity contribution in [2.24, 2.45) is 5.73 Å². The van der Waals surface area contributed by atoms with Crippen molar-refractivity contribution in [2.45, 2.75) is 44.8 Å². The number of amides is 1. The van der Waals surface area contributed by atoms with Gasteiger partial charge in [-0.1, -0.05) is 13.3 Å². The first-order valence-corrected chi connectivity index (χ1v) is 5.40. The number of hydrogen-bond acceptors (Lipinski definition) is 3. The highest BCUT2D eigenvalue weighted by Gasteiger charge is 2.24. The van der Waals surface area contributed by atoms with E-state index in [1.807, 2.05) is 0 Å². The van der Waals surface area contributed by atoms with Gasteiger partial charge in [-0.05, 0) is 19.3 Å². The molecule has 1 rings (SSSR count). The minimum atomic E-state index is -0.235. The fourth-order valence-electron chi connectivity index (χ4n) is 1.68. The second-order valence-electron chi connectivity index (χ2n) is 3.73. The maximum absolute atomic E-state index is 11.6. The van der Waals surface area contributed by atoms with Crippen molar-refractivity contribution in [3.8, 4) is 0 Å². The van der Waals surface area contributed by atoms with Crippen molar-refractivity contribution >= 4 is 5.91 Å². The normalized spacial score (nSPS) is 23.4. The Labute approximate surface area is 85.2 Å². The van der Waals surface area contributed by atoms with Crippen molar-refractivity contribution in [3.63, 3.8) is 0 Å². The van der Waals surface area contributed by atoms with Crippen LogP contribution in [0.1, 0.15) is 32.6 Å². The third-order valence-corrected chi connectivity index (χ3v) is 2.49. The third-order valence-electron chi connectivity index (χ3n) is 2.49. The van der Waals surface area contributed by atoms with Crippen LogP contribution < -0.4 is 11.1 Å². The van der Waals surface area contributed by atoms with Gasteiger partial charge in [0.2, 0.25) is 5.91 Å². The van der Waals surface area contributed by atoms with Crippen molar-refractivity contribution in [1.82, 2.24) is 5.32 Å². The van der Waals surface area contributed by atoms with Gasteiger partial charge < -0.3 is 15.8 Å². The van der Waals surface area contributed by atoms with Crippen LogP contribution in [-0.2, 0) is 9.53 Å². The Morgan fingerprint density at radius 3 is 3.00 bits per heavy atom. The van der Waals surface area contributed by atoms with Crippen LogP contribution in [0, 0.1) is 0 Å². The Hall–Kier alpha value is -0.610. The highest BCUT2D eigenvalue weighted by molar-refractivity contribution is 5.81. The summed E-state index contributed by atoms with van der Waals surface area (Å²) in [4.78, 5) is 11.6. The molecule has 0 aromatic heterocycles. The highest BCUT2D eigenvalue weighted by Crippen LogP contribution is 2.12. The number of nitrogens with two attached hydrogens (primary N) is 1. The number of ether oxygens (including phenoxy) is 1. The predicted octanol–water partition coefficient (Wildman–Crippen LogP) is 0.409. The average Bonchev–Trinajstić information content (AvgIpc) is 2.69. The van der Waals surface area contributed by atoms with Gasteiger partial charge in [-0.15, -0.1) is 0 Å². The van der Waals surface area contributed by atoms with Gasteiger partial charge in [-0.25, -0.2) is 0 Å². The van der Waals surface area contributed by atoms with Crippen molar-refractivity contribution < 1.29 is 9.53 Å². The maximum Gasteiger partial charge on any atom is 0.249 e. The molecule has 0 saturated carbocycles. The molecule has 1 aliphatic heterocycles. The second-order valence-corrected chi connectivity index (χ2v) is 3.73. The first-order valence-electron chi connectivity index (χ1n) is 5.40. The number of carbonyl (C=O) groups excluding carboxylic acids is 1. The van der Waals surface area contributed by atoms with E-state index >= 15 is 0 Å². The van der Waals surface area contributed by atoms with Gasteiger partial charge in [0.1, 0.15) is 6.10 Å². The van der Waals surface area contributed by atoms with E-state index in [1.165, 1.54) is 0 Å². The molecule has 2 unspecified atom stereocenters. The fourth-order valence-corrected chi connectivity index (χ4v) is 1.68. The van der Waals surface area contributed by atoms with E-state index in [2.05, 4.69) is 12.2 Å². The first-order chi connectivity index (χ1) is 6.77. The number of rotatable bonds is 5. The molecule has 1 saturated heterocycles. The van der Waals surface area contributed by atoms with Crippen LogP contribution in [0.2, 0.25) is 0 Å². The second kappa shape index (κ2) is 5.98. The standard InChI is InChI=1S/C10H20N2O2/c1-2-4-8(7-11)12-10(13)9-5-3-6-14-9/h8-9H,2-7,11H2,1H3,(H,12,13). The van der Waals surface area contributed by atoms with Gasteiger partial charge in [0.15, 0.2) is 0 Å². The van der Waals surface area contributed by atoms with Crippen LogP contribution in [-0.4, -0.2) is 31.2 Å². The Morgan fingerprint density at radius 2 is 2.50 bits per heavy atom. The van der Waals surface area contributed by atoms with Crippen LogP contribution in [0.3, 0.4) is 0 Å². The summed E-state index contributed by atoms with van der Waals surface area (Å²) in [6, 6.07) is 0.108. The quantitative estimate of drug-likeness (QED) is 0.675. The molecule has 1 aliphatic rings. The van der Waals surface area contributed by atoms with Crippen molar-refractivity contribution in [2.75, 3.05) is 13.2 Å². The zero-order chi connectivity index (χ0) is 10.4. The maximum atomic E-state index is 11.6. The number of nitrogens with one attached hydrogen (secondary N) is 1. The molecule has 0 aromatic rings. The highest BCUT2D eigenvalue weighted by atomic mass is 16.5. The fraction of sp³-hybridized carbons (Fsp3) is 0.900. The van der Waals surface area contributed by atoms with Crippen LogP contribution in [0.4, 0.5) is 0 Å². The lowest BCUT2D eigenvalue weighted by Crippen LogP contribution is -2.44. The van der Waals surface area contributed by atoms with E-state index in [1.54, 1.807) is 0 Å². The molecule has 1 heterocycles. The molecular weight excluding hydrogens is 180 g/mol. The summed E-state index contributed by atoms with van der Waals surface area (Å²) in [5.41, 5.74) is 5.55. The van der Waals surface area contributed by atoms with Crippen molar-refractivity contribution in [1.29, 1.82) is 0 Å². The monoisotopic (exact) mass is 200 g/mol. The molecule has 0 bridgehead atoms.